The molecule has 0 unspecified atom stereocenters. The van der Waals surface area contributed by atoms with E-state index in [1.165, 1.54) is 13.2 Å². The molecule has 7 nitrogen and oxygen atoms in total. The lowest BCUT2D eigenvalue weighted by Gasteiger charge is -2.11. The van der Waals surface area contributed by atoms with E-state index in [9.17, 15) is 4.79 Å². The molecule has 2 N–H and O–H groups in total. The maximum Gasteiger partial charge on any atom is 0.255 e. The van der Waals surface area contributed by atoms with Crippen LogP contribution in [-0.2, 0) is 0 Å². The second-order valence-corrected chi connectivity index (χ2v) is 5.11. The van der Waals surface area contributed by atoms with Crippen LogP contribution in [0.25, 0.3) is 0 Å². The smallest absolute Gasteiger partial charge is 0.255 e. The second-order valence-electron chi connectivity index (χ2n) is 4.68. The van der Waals surface area contributed by atoms with Crippen molar-refractivity contribution in [2.24, 2.45) is 5.10 Å². The molecule has 0 spiro atoms. The Labute approximate surface area is 149 Å². The highest BCUT2D eigenvalue weighted by Crippen LogP contribution is 2.28. The molecule has 0 aliphatic carbocycles. The van der Waals surface area contributed by atoms with E-state index in [0.717, 1.165) is 0 Å². The van der Waals surface area contributed by atoms with Crippen molar-refractivity contribution in [3.63, 3.8) is 0 Å². The zero-order chi connectivity index (χ0) is 18.2. The quantitative estimate of drug-likeness (QED) is 0.632. The molecular formula is C17H12ClN5O2. The summed E-state index contributed by atoms with van der Waals surface area (Å²) < 4.78 is 5.19. The predicted molar refractivity (Wildman–Crippen MR) is 94.7 cm³/mol. The van der Waals surface area contributed by atoms with Crippen LogP contribution in [0.2, 0.25) is 5.02 Å². The van der Waals surface area contributed by atoms with Crippen LogP contribution in [0.4, 0.5) is 11.4 Å². The molecule has 0 radical (unpaired) electrons. The van der Waals surface area contributed by atoms with Gasteiger partial charge in [0.2, 0.25) is 5.71 Å². The Morgan fingerprint density at radius 3 is 2.64 bits per heavy atom. The van der Waals surface area contributed by atoms with E-state index in [4.69, 9.17) is 26.9 Å². The summed E-state index contributed by atoms with van der Waals surface area (Å²) in [5, 5.41) is 24.1. The summed E-state index contributed by atoms with van der Waals surface area (Å²) in [4.78, 5) is 12.4. The van der Waals surface area contributed by atoms with E-state index in [0.29, 0.717) is 27.7 Å². The highest BCUT2D eigenvalue weighted by molar-refractivity contribution is 6.31. The molecule has 2 aromatic rings. The van der Waals surface area contributed by atoms with Crippen LogP contribution in [-0.4, -0.2) is 18.7 Å². The Morgan fingerprint density at radius 1 is 1.20 bits per heavy atom. The van der Waals surface area contributed by atoms with E-state index >= 15 is 0 Å². The molecule has 124 valence electrons. The minimum Gasteiger partial charge on any atom is -0.495 e. The summed E-state index contributed by atoms with van der Waals surface area (Å²) in [5.74, 6) is 0.0956. The van der Waals surface area contributed by atoms with Gasteiger partial charge in [0.15, 0.2) is 0 Å². The summed E-state index contributed by atoms with van der Waals surface area (Å²) in [5.41, 5.74) is 3.47. The van der Waals surface area contributed by atoms with Crippen molar-refractivity contribution in [3.05, 3.63) is 53.1 Å². The number of halogens is 1. The fourth-order valence-corrected chi connectivity index (χ4v) is 2.07. The predicted octanol–water partition coefficient (Wildman–Crippen LogP) is 3.42. The summed E-state index contributed by atoms with van der Waals surface area (Å²) in [6.45, 7) is 0. The molecule has 25 heavy (non-hydrogen) atoms. The van der Waals surface area contributed by atoms with Crippen LogP contribution in [0.15, 0.2) is 47.6 Å². The third-order valence-corrected chi connectivity index (χ3v) is 3.28. The van der Waals surface area contributed by atoms with Gasteiger partial charge in [0.1, 0.15) is 17.9 Å². The molecule has 0 saturated heterocycles. The normalized spacial score (nSPS) is 9.28. The van der Waals surface area contributed by atoms with Crippen molar-refractivity contribution in [3.8, 4) is 17.9 Å². The first-order valence-electron chi connectivity index (χ1n) is 6.96. The number of hydrogen-bond acceptors (Lipinski definition) is 6. The number of nitrogens with one attached hydrogen (secondary N) is 2. The number of nitrogens with zero attached hydrogens (tertiary/aromatic N) is 3. The first kappa shape index (κ1) is 17.8. The van der Waals surface area contributed by atoms with Gasteiger partial charge in [-0.05, 0) is 36.4 Å². The number of methoxy groups -OCH3 is 1. The van der Waals surface area contributed by atoms with Crippen LogP contribution in [0.3, 0.4) is 0 Å². The van der Waals surface area contributed by atoms with Gasteiger partial charge in [-0.1, -0.05) is 17.7 Å². The molecule has 0 fully saturated rings. The average molecular weight is 354 g/mol. The molecule has 0 saturated carbocycles. The van der Waals surface area contributed by atoms with Gasteiger partial charge in [0, 0.05) is 10.6 Å². The fourth-order valence-electron chi connectivity index (χ4n) is 1.90. The first-order chi connectivity index (χ1) is 12.1. The van der Waals surface area contributed by atoms with E-state index < -0.39 is 0 Å². The summed E-state index contributed by atoms with van der Waals surface area (Å²) in [6.07, 6.45) is 0. The van der Waals surface area contributed by atoms with Crippen LogP contribution >= 0.6 is 11.6 Å². The van der Waals surface area contributed by atoms with Crippen molar-refractivity contribution in [2.45, 2.75) is 0 Å². The third kappa shape index (κ3) is 4.71. The Kier molecular flexibility index (Phi) is 5.94. The number of carbonyl (C=O) groups excluding carboxylic acids is 1. The molecule has 0 aliphatic rings. The summed E-state index contributed by atoms with van der Waals surface area (Å²) in [7, 11) is 1.49. The van der Waals surface area contributed by atoms with E-state index in [2.05, 4.69) is 15.8 Å². The molecule has 0 bridgehead atoms. The zero-order valence-corrected chi connectivity index (χ0v) is 13.8. The number of nitriles is 2. The highest BCUT2D eigenvalue weighted by atomic mass is 35.5. The van der Waals surface area contributed by atoms with Crippen molar-refractivity contribution in [1.82, 2.24) is 0 Å². The summed E-state index contributed by atoms with van der Waals surface area (Å²) in [6, 6.07) is 14.6. The number of anilines is 2. The van der Waals surface area contributed by atoms with Gasteiger partial charge < -0.3 is 10.1 Å². The number of rotatable bonds is 5. The Bertz CT molecular complexity index is 896. The molecule has 0 atom stereocenters. The van der Waals surface area contributed by atoms with Crippen LogP contribution in [0.5, 0.6) is 5.75 Å². The minimum absolute atomic E-state index is 0.321. The number of hydrogen-bond donors (Lipinski definition) is 2. The molecule has 0 heterocycles. The Balaban J connectivity index is 2.20. The van der Waals surface area contributed by atoms with Crippen LogP contribution in [0, 0.1) is 22.7 Å². The first-order valence-corrected chi connectivity index (χ1v) is 7.34. The van der Waals surface area contributed by atoms with Gasteiger partial charge in [-0.2, -0.15) is 15.6 Å². The topological polar surface area (TPSA) is 110 Å². The van der Waals surface area contributed by atoms with E-state index in [-0.39, 0.29) is 11.6 Å². The van der Waals surface area contributed by atoms with Gasteiger partial charge in [-0.25, -0.2) is 0 Å². The summed E-state index contributed by atoms with van der Waals surface area (Å²) >= 11 is 5.94. The SMILES string of the molecule is COc1ccc(Cl)cc1NC(=O)c1cccc(NN=C(C#N)C#N)c1. The molecule has 2 aromatic carbocycles. The van der Waals surface area contributed by atoms with Gasteiger partial charge >= 0.3 is 0 Å². The Hall–Kier alpha value is -3.55. The highest BCUT2D eigenvalue weighted by Gasteiger charge is 2.11. The number of amides is 1. The zero-order valence-electron chi connectivity index (χ0n) is 13.1. The van der Waals surface area contributed by atoms with Gasteiger partial charge in [0.25, 0.3) is 5.91 Å². The average Bonchev–Trinajstić information content (AvgIpc) is 2.63. The lowest BCUT2D eigenvalue weighted by Crippen LogP contribution is -2.13. The monoisotopic (exact) mass is 353 g/mol. The molecule has 0 aliphatic heterocycles. The second kappa shape index (κ2) is 8.34. The van der Waals surface area contributed by atoms with Crippen LogP contribution < -0.4 is 15.5 Å². The van der Waals surface area contributed by atoms with Gasteiger partial charge in [0.05, 0.1) is 18.5 Å². The van der Waals surface area contributed by atoms with Crippen molar-refractivity contribution in [1.29, 1.82) is 10.5 Å². The maximum absolute atomic E-state index is 12.4. The van der Waals surface area contributed by atoms with E-state index in [1.54, 1.807) is 48.5 Å². The largest absolute Gasteiger partial charge is 0.495 e. The lowest BCUT2D eigenvalue weighted by atomic mass is 10.2. The van der Waals surface area contributed by atoms with E-state index in [1.807, 2.05) is 0 Å². The number of hydrazone groups is 1. The number of ether oxygens (including phenoxy) is 1. The molecule has 1 amide bonds. The number of benzene rings is 2. The molecular weight excluding hydrogens is 342 g/mol. The van der Waals surface area contributed by atoms with Crippen molar-refractivity contribution >= 4 is 34.6 Å². The molecule has 2 rings (SSSR count). The fraction of sp³-hybridized carbons (Fsp3) is 0.0588. The minimum atomic E-state index is -0.381. The van der Waals surface area contributed by atoms with Crippen molar-refractivity contribution < 1.29 is 9.53 Å². The van der Waals surface area contributed by atoms with Gasteiger partial charge in [-0.3, -0.25) is 10.2 Å². The lowest BCUT2D eigenvalue weighted by molar-refractivity contribution is 0.102. The molecule has 8 heteroatoms. The van der Waals surface area contributed by atoms with Crippen LogP contribution in [0.1, 0.15) is 10.4 Å². The van der Waals surface area contributed by atoms with Gasteiger partial charge in [-0.15, -0.1) is 0 Å². The van der Waals surface area contributed by atoms with Crippen molar-refractivity contribution in [2.75, 3.05) is 17.9 Å². The Morgan fingerprint density at radius 2 is 1.96 bits per heavy atom. The molecule has 0 aromatic heterocycles. The number of carbonyl (C=O) groups is 1. The third-order valence-electron chi connectivity index (χ3n) is 3.04. The standard InChI is InChI=1S/C17H12ClN5O2/c1-25-16-6-5-12(18)8-15(16)21-17(24)11-3-2-4-13(7-11)22-23-14(9-19)10-20/h2-8,22H,1H3,(H,21,24). The maximum atomic E-state index is 12.4.